The van der Waals surface area contributed by atoms with Gasteiger partial charge in [-0.15, -0.1) is 0 Å². The molecule has 0 aliphatic carbocycles. The first-order valence-corrected chi connectivity index (χ1v) is 10.00. The van der Waals surface area contributed by atoms with E-state index in [-0.39, 0.29) is 30.1 Å². The van der Waals surface area contributed by atoms with E-state index in [1.165, 1.54) is 11.3 Å². The van der Waals surface area contributed by atoms with Crippen LogP contribution in [-0.2, 0) is 16.0 Å². The zero-order valence-electron chi connectivity index (χ0n) is 14.6. The van der Waals surface area contributed by atoms with Crippen molar-refractivity contribution in [2.45, 2.75) is 6.42 Å². The highest BCUT2D eigenvalue weighted by Gasteiger charge is 2.34. The number of nitrogens with zero attached hydrogens (tertiary/aromatic N) is 1. The second-order valence-corrected chi connectivity index (χ2v) is 7.54. The summed E-state index contributed by atoms with van der Waals surface area (Å²) in [6.07, 6.45) is 1.97. The van der Waals surface area contributed by atoms with Crippen LogP contribution in [0.3, 0.4) is 0 Å². The molecule has 140 valence electrons. The molecule has 27 heavy (non-hydrogen) atoms. The van der Waals surface area contributed by atoms with Crippen molar-refractivity contribution < 1.29 is 19.1 Å². The van der Waals surface area contributed by atoms with E-state index >= 15 is 0 Å². The Labute approximate surface area is 165 Å². The first-order valence-electron chi connectivity index (χ1n) is 8.24. The number of methoxy groups -OCH3 is 1. The lowest BCUT2D eigenvalue weighted by molar-refractivity contribution is -0.124. The van der Waals surface area contributed by atoms with Crippen LogP contribution >= 0.6 is 23.1 Å². The molecule has 1 aliphatic heterocycles. The average molecular weight is 402 g/mol. The quantitative estimate of drug-likeness (QED) is 0.720. The fraction of sp³-hybridized carbons (Fsp3) is 0.211. The molecule has 0 atom stereocenters. The van der Waals surface area contributed by atoms with Crippen molar-refractivity contribution >= 4 is 46.2 Å². The van der Waals surface area contributed by atoms with E-state index in [9.17, 15) is 14.4 Å². The highest BCUT2D eigenvalue weighted by molar-refractivity contribution is 8.18. The normalized spacial score (nSPS) is 15.4. The first-order chi connectivity index (χ1) is 13.1. The van der Waals surface area contributed by atoms with E-state index in [1.807, 2.05) is 29.0 Å². The summed E-state index contributed by atoms with van der Waals surface area (Å²) in [6.45, 7) is 0.386. The van der Waals surface area contributed by atoms with Gasteiger partial charge in [-0.1, -0.05) is 12.1 Å². The Bertz CT molecular complexity index is 860. The van der Waals surface area contributed by atoms with Crippen LogP contribution in [0.4, 0.5) is 4.79 Å². The van der Waals surface area contributed by atoms with Gasteiger partial charge in [-0.05, 0) is 57.9 Å². The Morgan fingerprint density at radius 1 is 1.22 bits per heavy atom. The van der Waals surface area contributed by atoms with Crippen molar-refractivity contribution in [2.24, 2.45) is 0 Å². The zero-order chi connectivity index (χ0) is 19.2. The number of ether oxygens (including phenoxy) is 1. The summed E-state index contributed by atoms with van der Waals surface area (Å²) in [5.74, 6) is 0.250. The van der Waals surface area contributed by atoms with Gasteiger partial charge < -0.3 is 10.1 Å². The summed E-state index contributed by atoms with van der Waals surface area (Å²) in [4.78, 5) is 38.0. The Hall–Kier alpha value is -2.58. The molecule has 0 unspecified atom stereocenters. The average Bonchev–Trinajstić information content (AvgIpc) is 3.26. The number of rotatable bonds is 7. The summed E-state index contributed by atoms with van der Waals surface area (Å²) in [5, 5.41) is 6.25. The number of hydrogen-bond acceptors (Lipinski definition) is 6. The van der Waals surface area contributed by atoms with Crippen molar-refractivity contribution in [1.29, 1.82) is 0 Å². The molecule has 2 heterocycles. The van der Waals surface area contributed by atoms with Gasteiger partial charge in [0.1, 0.15) is 5.75 Å². The van der Waals surface area contributed by atoms with Gasteiger partial charge in [-0.3, -0.25) is 19.3 Å². The molecule has 0 radical (unpaired) electrons. The number of imide groups is 1. The van der Waals surface area contributed by atoms with Crippen molar-refractivity contribution in [3.8, 4) is 5.75 Å². The fourth-order valence-corrected chi connectivity index (χ4v) is 4.03. The molecule has 1 aromatic carbocycles. The second kappa shape index (κ2) is 8.88. The highest BCUT2D eigenvalue weighted by Crippen LogP contribution is 2.32. The molecule has 3 rings (SSSR count). The van der Waals surface area contributed by atoms with Crippen LogP contribution in [0.1, 0.15) is 11.1 Å². The maximum atomic E-state index is 12.5. The monoisotopic (exact) mass is 402 g/mol. The number of carbonyl (C=O) groups is 3. The third-order valence-electron chi connectivity index (χ3n) is 3.89. The van der Waals surface area contributed by atoms with E-state index in [1.54, 1.807) is 25.3 Å². The highest BCUT2D eigenvalue weighted by atomic mass is 32.2. The van der Waals surface area contributed by atoms with Gasteiger partial charge in [0.05, 0.1) is 18.4 Å². The van der Waals surface area contributed by atoms with Crippen LogP contribution in [0.15, 0.2) is 46.0 Å². The largest absolute Gasteiger partial charge is 0.497 e. The second-order valence-electron chi connectivity index (χ2n) is 5.76. The lowest BCUT2D eigenvalue weighted by Crippen LogP contribution is -2.37. The minimum absolute atomic E-state index is 0.130. The summed E-state index contributed by atoms with van der Waals surface area (Å²) in [7, 11) is 1.58. The van der Waals surface area contributed by atoms with Crippen molar-refractivity contribution in [3.63, 3.8) is 0 Å². The number of benzene rings is 1. The minimum Gasteiger partial charge on any atom is -0.497 e. The van der Waals surface area contributed by atoms with Crippen LogP contribution in [0.2, 0.25) is 0 Å². The summed E-state index contributed by atoms with van der Waals surface area (Å²) >= 11 is 2.44. The molecular weight excluding hydrogens is 384 g/mol. The number of nitrogens with one attached hydrogen (secondary N) is 1. The molecule has 1 fully saturated rings. The number of carbonyl (C=O) groups excluding carboxylic acids is 3. The Morgan fingerprint density at radius 2 is 2.00 bits per heavy atom. The summed E-state index contributed by atoms with van der Waals surface area (Å²) in [6, 6.07) is 9.11. The number of thioether (sulfide) groups is 1. The Kier molecular flexibility index (Phi) is 6.31. The van der Waals surface area contributed by atoms with Gasteiger partial charge in [-0.2, -0.15) is 11.3 Å². The molecule has 1 aromatic heterocycles. The SMILES string of the molecule is COc1ccc(/C=C2\SC(=O)N(CCNC(=O)Cc3ccsc3)C2=O)cc1. The molecule has 3 amide bonds. The van der Waals surface area contributed by atoms with Crippen LogP contribution in [0.25, 0.3) is 6.08 Å². The van der Waals surface area contributed by atoms with Gasteiger partial charge in [0.25, 0.3) is 11.1 Å². The van der Waals surface area contributed by atoms with Crippen LogP contribution in [0, 0.1) is 0 Å². The van der Waals surface area contributed by atoms with Gasteiger partial charge in [-0.25, -0.2) is 0 Å². The molecule has 1 aliphatic rings. The fourth-order valence-electron chi connectivity index (χ4n) is 2.49. The molecule has 1 N–H and O–H groups in total. The topological polar surface area (TPSA) is 75.7 Å². The number of hydrogen-bond donors (Lipinski definition) is 1. The molecule has 8 heteroatoms. The first kappa shape index (κ1) is 19.2. The molecule has 6 nitrogen and oxygen atoms in total. The maximum Gasteiger partial charge on any atom is 0.293 e. The minimum atomic E-state index is -0.340. The van der Waals surface area contributed by atoms with E-state index < -0.39 is 0 Å². The molecular formula is C19H18N2O4S2. The lowest BCUT2D eigenvalue weighted by atomic mass is 10.2. The van der Waals surface area contributed by atoms with Gasteiger partial charge in [0.2, 0.25) is 5.91 Å². The van der Waals surface area contributed by atoms with Crippen molar-refractivity contribution in [1.82, 2.24) is 10.2 Å². The van der Waals surface area contributed by atoms with E-state index in [2.05, 4.69) is 5.32 Å². The smallest absolute Gasteiger partial charge is 0.293 e. The Morgan fingerprint density at radius 3 is 2.67 bits per heavy atom. The third-order valence-corrected chi connectivity index (χ3v) is 5.53. The molecule has 0 spiro atoms. The van der Waals surface area contributed by atoms with Crippen LogP contribution in [0.5, 0.6) is 5.75 Å². The maximum absolute atomic E-state index is 12.5. The molecule has 1 saturated heterocycles. The van der Waals surface area contributed by atoms with Crippen molar-refractivity contribution in [2.75, 3.05) is 20.2 Å². The van der Waals surface area contributed by atoms with E-state index in [4.69, 9.17) is 4.74 Å². The number of thiophene rings is 1. The predicted octanol–water partition coefficient (Wildman–Crippen LogP) is 3.15. The van der Waals surface area contributed by atoms with Crippen molar-refractivity contribution in [3.05, 3.63) is 57.1 Å². The summed E-state index contributed by atoms with van der Waals surface area (Å²) in [5.41, 5.74) is 1.76. The van der Waals surface area contributed by atoms with Crippen LogP contribution in [-0.4, -0.2) is 42.2 Å². The standard InChI is InChI=1S/C19H18N2O4S2/c1-25-15-4-2-13(3-5-15)10-16-18(23)21(19(24)27-16)8-7-20-17(22)11-14-6-9-26-12-14/h2-6,9-10,12H,7-8,11H2,1H3,(H,20,22)/b16-10-. The number of amides is 3. The molecule has 0 bridgehead atoms. The van der Waals surface area contributed by atoms with E-state index in [0.717, 1.165) is 33.5 Å². The predicted molar refractivity (Wildman–Crippen MR) is 107 cm³/mol. The third kappa shape index (κ3) is 4.99. The molecule has 2 aromatic rings. The van der Waals surface area contributed by atoms with Crippen LogP contribution < -0.4 is 10.1 Å². The Balaban J connectivity index is 1.54. The van der Waals surface area contributed by atoms with Gasteiger partial charge in [0, 0.05) is 13.1 Å². The lowest BCUT2D eigenvalue weighted by Gasteiger charge is -2.12. The molecule has 0 saturated carbocycles. The zero-order valence-corrected chi connectivity index (χ0v) is 16.3. The van der Waals surface area contributed by atoms with Gasteiger partial charge in [0.15, 0.2) is 0 Å². The van der Waals surface area contributed by atoms with Gasteiger partial charge >= 0.3 is 0 Å². The summed E-state index contributed by atoms with van der Waals surface area (Å²) < 4.78 is 5.10. The van der Waals surface area contributed by atoms with E-state index in [0.29, 0.717) is 11.3 Å².